The summed E-state index contributed by atoms with van der Waals surface area (Å²) in [5, 5.41) is 26.5. The van der Waals surface area contributed by atoms with E-state index in [4.69, 9.17) is 10.2 Å². The third-order valence-electron chi connectivity index (χ3n) is 4.81. The Morgan fingerprint density at radius 1 is 1.18 bits per heavy atom. The quantitative estimate of drug-likeness (QED) is 0.479. The lowest BCUT2D eigenvalue weighted by molar-refractivity contribution is 0.0697. The molecule has 1 aliphatic rings. The first-order valence-electron chi connectivity index (χ1n) is 11.2. The molecule has 3 aromatic rings. The summed E-state index contributed by atoms with van der Waals surface area (Å²) in [6, 6.07) is 13.3. The predicted molar refractivity (Wildman–Crippen MR) is 133 cm³/mol. The summed E-state index contributed by atoms with van der Waals surface area (Å²) >= 11 is 0. The Morgan fingerprint density at radius 3 is 2.41 bits per heavy atom. The molecule has 0 aliphatic heterocycles. The van der Waals surface area contributed by atoms with E-state index in [1.807, 2.05) is 13.8 Å². The molecule has 7 nitrogen and oxygen atoms in total. The van der Waals surface area contributed by atoms with Gasteiger partial charge in [-0.2, -0.15) is 5.26 Å². The molecule has 0 spiro atoms. The maximum absolute atomic E-state index is 11.5. The maximum atomic E-state index is 11.5. The Kier molecular flexibility index (Phi) is 9.93. The summed E-state index contributed by atoms with van der Waals surface area (Å²) in [5.41, 5.74) is 7.86. The van der Waals surface area contributed by atoms with E-state index in [9.17, 15) is 15.2 Å². The number of nitrogens with two attached hydrogens (primary N) is 1. The van der Waals surface area contributed by atoms with E-state index in [-0.39, 0.29) is 17.3 Å². The minimum Gasteiger partial charge on any atom is -0.478 e. The van der Waals surface area contributed by atoms with Crippen LogP contribution in [0.25, 0.3) is 22.6 Å². The van der Waals surface area contributed by atoms with Crippen LogP contribution >= 0.6 is 0 Å². The fourth-order valence-corrected chi connectivity index (χ4v) is 3.10. The summed E-state index contributed by atoms with van der Waals surface area (Å²) in [4.78, 5) is 11.5. The molecule has 176 valence electrons. The van der Waals surface area contributed by atoms with Gasteiger partial charge in [0, 0.05) is 5.56 Å². The summed E-state index contributed by atoms with van der Waals surface area (Å²) < 4.78 is 5.51. The minimum absolute atomic E-state index is 0.0563. The normalized spacial score (nSPS) is 14.6. The standard InChI is InChI=1S/C18H14N4O3.C7H10.C2H6/c1-10(20)16-21-22-17(25-16)13-6-12(7-14(8-13)18(23)24)15-5-3-2-4-11(15)9-19;1-7-5-3-2-4-6-7;1-2/h2-8,10H,20H2,1H3,(H,23,24);2-5,7H,6H2,1H3;1-2H3. The average Bonchev–Trinajstić information content (AvgIpc) is 3.37. The van der Waals surface area contributed by atoms with Crippen LogP contribution in [0.15, 0.2) is 71.2 Å². The minimum atomic E-state index is -1.09. The van der Waals surface area contributed by atoms with Gasteiger partial charge in [0.25, 0.3) is 0 Å². The number of nitriles is 1. The van der Waals surface area contributed by atoms with Crippen molar-refractivity contribution < 1.29 is 14.3 Å². The van der Waals surface area contributed by atoms with Crippen molar-refractivity contribution in [3.63, 3.8) is 0 Å². The van der Waals surface area contributed by atoms with Gasteiger partial charge >= 0.3 is 5.97 Å². The van der Waals surface area contributed by atoms with Crippen LogP contribution in [0, 0.1) is 17.2 Å². The fourth-order valence-electron chi connectivity index (χ4n) is 3.10. The lowest BCUT2D eigenvalue weighted by Gasteiger charge is -2.07. The molecule has 0 saturated heterocycles. The molecule has 7 heteroatoms. The number of carboxylic acid groups (broad SMARTS) is 1. The smallest absolute Gasteiger partial charge is 0.335 e. The van der Waals surface area contributed by atoms with Crippen LogP contribution in [-0.2, 0) is 0 Å². The van der Waals surface area contributed by atoms with Crippen molar-refractivity contribution in [1.82, 2.24) is 10.2 Å². The van der Waals surface area contributed by atoms with Gasteiger partial charge in [0.05, 0.1) is 23.2 Å². The van der Waals surface area contributed by atoms with Gasteiger partial charge in [-0.05, 0) is 54.7 Å². The van der Waals surface area contributed by atoms with Gasteiger partial charge in [0.2, 0.25) is 11.8 Å². The van der Waals surface area contributed by atoms with Crippen molar-refractivity contribution in [2.24, 2.45) is 11.7 Å². The highest BCUT2D eigenvalue weighted by Gasteiger charge is 2.16. The highest BCUT2D eigenvalue weighted by Crippen LogP contribution is 2.30. The summed E-state index contributed by atoms with van der Waals surface area (Å²) in [6.45, 7) is 7.93. The third kappa shape index (κ3) is 6.99. The van der Waals surface area contributed by atoms with Crippen LogP contribution in [0.4, 0.5) is 0 Å². The van der Waals surface area contributed by atoms with Crippen LogP contribution in [-0.4, -0.2) is 21.3 Å². The SMILES string of the molecule is CC.CC(N)c1nnc(-c2cc(C(=O)O)cc(-c3ccccc3C#N)c2)o1.CC1C=CC=CC1. The Bertz CT molecular complexity index is 1200. The van der Waals surface area contributed by atoms with Crippen molar-refractivity contribution in [2.45, 2.75) is 40.2 Å². The fraction of sp³-hybridized carbons (Fsp3) is 0.259. The summed E-state index contributed by atoms with van der Waals surface area (Å²) in [6.07, 6.45) is 9.84. The molecule has 2 aromatic carbocycles. The number of carboxylic acids is 1. The molecule has 0 fully saturated rings. The van der Waals surface area contributed by atoms with Crippen molar-refractivity contribution in [3.8, 4) is 28.7 Å². The molecule has 0 saturated carbocycles. The number of aromatic carboxylic acids is 1. The van der Waals surface area contributed by atoms with Crippen LogP contribution in [0.1, 0.15) is 62.0 Å². The van der Waals surface area contributed by atoms with Gasteiger partial charge in [-0.25, -0.2) is 4.79 Å². The number of rotatable bonds is 4. The molecule has 34 heavy (non-hydrogen) atoms. The van der Waals surface area contributed by atoms with Gasteiger partial charge in [0.1, 0.15) is 0 Å². The Labute approximate surface area is 200 Å². The zero-order chi connectivity index (χ0) is 25.1. The summed E-state index contributed by atoms with van der Waals surface area (Å²) in [5.74, 6) is 0.107. The number of carbonyl (C=O) groups is 1. The molecular weight excluding hydrogens is 428 g/mol. The van der Waals surface area contributed by atoms with E-state index < -0.39 is 12.0 Å². The monoisotopic (exact) mass is 458 g/mol. The maximum Gasteiger partial charge on any atom is 0.335 e. The molecule has 4 rings (SSSR count). The molecule has 1 heterocycles. The predicted octanol–water partition coefficient (Wildman–Crippen LogP) is 6.16. The van der Waals surface area contributed by atoms with Gasteiger partial charge < -0.3 is 15.3 Å². The highest BCUT2D eigenvalue weighted by atomic mass is 16.4. The van der Waals surface area contributed by atoms with E-state index in [1.165, 1.54) is 18.6 Å². The van der Waals surface area contributed by atoms with Crippen molar-refractivity contribution >= 4 is 5.97 Å². The molecule has 0 bridgehead atoms. The van der Waals surface area contributed by atoms with E-state index in [1.54, 1.807) is 37.3 Å². The van der Waals surface area contributed by atoms with E-state index in [0.717, 1.165) is 5.92 Å². The second-order valence-corrected chi connectivity index (χ2v) is 7.52. The number of benzene rings is 2. The van der Waals surface area contributed by atoms with Crippen LogP contribution in [0.3, 0.4) is 0 Å². The highest BCUT2D eigenvalue weighted by molar-refractivity contribution is 5.92. The van der Waals surface area contributed by atoms with Gasteiger partial charge in [-0.1, -0.05) is 63.3 Å². The second-order valence-electron chi connectivity index (χ2n) is 7.52. The topological polar surface area (TPSA) is 126 Å². The van der Waals surface area contributed by atoms with Crippen molar-refractivity contribution in [2.75, 3.05) is 0 Å². The zero-order valence-electron chi connectivity index (χ0n) is 19.9. The molecule has 2 atom stereocenters. The molecule has 0 radical (unpaired) electrons. The Balaban J connectivity index is 0.000000384. The van der Waals surface area contributed by atoms with Gasteiger partial charge in [0.15, 0.2) is 0 Å². The average molecular weight is 459 g/mol. The first-order chi connectivity index (χ1) is 16.4. The van der Waals surface area contributed by atoms with E-state index >= 15 is 0 Å². The number of nitrogens with zero attached hydrogens (tertiary/aromatic N) is 3. The lowest BCUT2D eigenvalue weighted by Crippen LogP contribution is -2.04. The third-order valence-corrected chi connectivity index (χ3v) is 4.81. The molecule has 1 aliphatic carbocycles. The lowest BCUT2D eigenvalue weighted by atomic mass is 9.96. The van der Waals surface area contributed by atoms with E-state index in [2.05, 4.69) is 47.5 Å². The van der Waals surface area contributed by atoms with Crippen LogP contribution in [0.2, 0.25) is 0 Å². The molecule has 3 N–H and O–H groups in total. The first-order valence-corrected chi connectivity index (χ1v) is 11.2. The summed E-state index contributed by atoms with van der Waals surface area (Å²) in [7, 11) is 0. The molecule has 0 amide bonds. The number of allylic oxidation sites excluding steroid dienone is 4. The van der Waals surface area contributed by atoms with Crippen molar-refractivity contribution in [1.29, 1.82) is 5.26 Å². The van der Waals surface area contributed by atoms with Gasteiger partial charge in [-0.3, -0.25) is 0 Å². The largest absolute Gasteiger partial charge is 0.478 e. The molecular formula is C27H30N4O3. The Hall–Kier alpha value is -4.02. The molecule has 1 aromatic heterocycles. The zero-order valence-corrected chi connectivity index (χ0v) is 19.9. The number of hydrogen-bond donors (Lipinski definition) is 2. The van der Waals surface area contributed by atoms with Gasteiger partial charge in [-0.15, -0.1) is 10.2 Å². The molecule has 2 unspecified atom stereocenters. The number of hydrogen-bond acceptors (Lipinski definition) is 6. The Morgan fingerprint density at radius 2 is 1.88 bits per heavy atom. The first kappa shape index (κ1) is 26.2. The van der Waals surface area contributed by atoms with Crippen LogP contribution in [0.5, 0.6) is 0 Å². The van der Waals surface area contributed by atoms with E-state index in [0.29, 0.717) is 22.3 Å². The van der Waals surface area contributed by atoms with Crippen molar-refractivity contribution in [3.05, 3.63) is 83.8 Å². The van der Waals surface area contributed by atoms with Crippen LogP contribution < -0.4 is 5.73 Å². The number of aromatic nitrogens is 2. The second kappa shape index (κ2) is 12.9.